The first-order valence-electron chi connectivity index (χ1n) is 7.01. The van der Waals surface area contributed by atoms with Gasteiger partial charge in [0.05, 0.1) is 12.3 Å². The molecule has 2 unspecified atom stereocenters. The maximum Gasteiger partial charge on any atom is 2.00 e. The minimum atomic E-state index is -1.09. The first-order valence-corrected chi connectivity index (χ1v) is 7.01. The average Bonchev–Trinajstić information content (AvgIpc) is 2.38. The number of aliphatic carboxylic acids is 2. The zero-order chi connectivity index (χ0) is 16.0. The molecule has 0 N–H and O–H groups in total. The molecular formula is C14H24CaF2O4. The third kappa shape index (κ3) is 25.4. The van der Waals surface area contributed by atoms with Crippen molar-refractivity contribution in [3.63, 3.8) is 0 Å². The summed E-state index contributed by atoms with van der Waals surface area (Å²) in [6.07, 6.45) is 0.628. The molecule has 0 rings (SSSR count). The van der Waals surface area contributed by atoms with Crippen LogP contribution in [-0.2, 0) is 9.59 Å². The van der Waals surface area contributed by atoms with Crippen LogP contribution in [0.25, 0.3) is 0 Å². The standard InChI is InChI=1S/2C7H13FO2.Ca/c2*1-2-6(8)4-3-5-7(9)10;/h2*6H,2-5H2,1H3,(H,9,10);/q;;+2/p-2. The van der Waals surface area contributed by atoms with E-state index in [1.807, 2.05) is 0 Å². The molecule has 0 spiro atoms. The number of carboxylic acid groups (broad SMARTS) is 2. The van der Waals surface area contributed by atoms with Crippen LogP contribution >= 0.6 is 0 Å². The smallest absolute Gasteiger partial charge is 0.550 e. The summed E-state index contributed by atoms with van der Waals surface area (Å²) in [4.78, 5) is 19.7. The van der Waals surface area contributed by atoms with Crippen molar-refractivity contribution in [1.29, 1.82) is 0 Å². The van der Waals surface area contributed by atoms with Crippen LogP contribution in [0, 0.1) is 0 Å². The fraction of sp³-hybridized carbons (Fsp3) is 0.857. The van der Waals surface area contributed by atoms with Crippen LogP contribution in [0.15, 0.2) is 0 Å². The van der Waals surface area contributed by atoms with E-state index in [0.717, 1.165) is 0 Å². The molecule has 21 heavy (non-hydrogen) atoms. The van der Waals surface area contributed by atoms with Gasteiger partial charge in [-0.2, -0.15) is 0 Å². The van der Waals surface area contributed by atoms with E-state index >= 15 is 0 Å². The molecule has 0 heterocycles. The third-order valence-corrected chi connectivity index (χ3v) is 2.68. The normalized spacial score (nSPS) is 12.4. The topological polar surface area (TPSA) is 80.3 Å². The minimum absolute atomic E-state index is 0. The van der Waals surface area contributed by atoms with Gasteiger partial charge >= 0.3 is 37.7 Å². The van der Waals surface area contributed by atoms with E-state index in [0.29, 0.717) is 38.5 Å². The monoisotopic (exact) mass is 334 g/mol. The Hall–Kier alpha value is 0.0597. The predicted octanol–water partition coefficient (Wildman–Crippen LogP) is 0.929. The molecule has 120 valence electrons. The number of hydrogen-bond acceptors (Lipinski definition) is 4. The number of hydrogen-bond donors (Lipinski definition) is 0. The number of carboxylic acids is 2. The molecule has 0 saturated carbocycles. The number of carbonyl (C=O) groups is 2. The van der Waals surface area contributed by atoms with Crippen LogP contribution in [0.1, 0.15) is 65.2 Å². The van der Waals surface area contributed by atoms with E-state index in [9.17, 15) is 28.6 Å². The van der Waals surface area contributed by atoms with Crippen molar-refractivity contribution in [3.05, 3.63) is 0 Å². The summed E-state index contributed by atoms with van der Waals surface area (Å²) in [7, 11) is 0. The second-order valence-corrected chi connectivity index (χ2v) is 4.54. The SMILES string of the molecule is CCC(F)CCCC(=O)[O-].CCC(F)CCCC(=O)[O-].[Ca+2]. The first kappa shape index (κ1) is 26.0. The third-order valence-electron chi connectivity index (χ3n) is 2.68. The molecule has 0 aliphatic carbocycles. The van der Waals surface area contributed by atoms with Crippen LogP contribution < -0.4 is 10.2 Å². The largest absolute Gasteiger partial charge is 2.00 e. The van der Waals surface area contributed by atoms with Gasteiger partial charge in [0.1, 0.15) is 0 Å². The Labute approximate surface area is 155 Å². The van der Waals surface area contributed by atoms with Crippen molar-refractivity contribution >= 4 is 49.7 Å². The molecule has 7 heteroatoms. The van der Waals surface area contributed by atoms with Gasteiger partial charge in [0, 0.05) is 11.9 Å². The van der Waals surface area contributed by atoms with Crippen molar-refractivity contribution in [3.8, 4) is 0 Å². The molecule has 0 aliphatic heterocycles. The Morgan fingerprint density at radius 3 is 1.33 bits per heavy atom. The maximum absolute atomic E-state index is 12.4. The van der Waals surface area contributed by atoms with Crippen molar-refractivity contribution in [2.24, 2.45) is 0 Å². The zero-order valence-corrected chi connectivity index (χ0v) is 15.1. The van der Waals surface area contributed by atoms with Gasteiger partial charge in [0.2, 0.25) is 0 Å². The Bertz CT molecular complexity index is 239. The zero-order valence-electron chi connectivity index (χ0n) is 12.9. The van der Waals surface area contributed by atoms with Gasteiger partial charge < -0.3 is 19.8 Å². The van der Waals surface area contributed by atoms with Crippen LogP contribution in [0.3, 0.4) is 0 Å². The second kappa shape index (κ2) is 18.1. The summed E-state index contributed by atoms with van der Waals surface area (Å²) in [5.41, 5.74) is 0. The summed E-state index contributed by atoms with van der Waals surface area (Å²) in [5.74, 6) is -2.19. The van der Waals surface area contributed by atoms with Gasteiger partial charge in [0.25, 0.3) is 0 Å². The fourth-order valence-corrected chi connectivity index (χ4v) is 1.34. The van der Waals surface area contributed by atoms with Crippen molar-refractivity contribution in [1.82, 2.24) is 0 Å². The Morgan fingerprint density at radius 2 is 1.14 bits per heavy atom. The predicted molar refractivity (Wildman–Crippen MR) is 73.8 cm³/mol. The van der Waals surface area contributed by atoms with Crippen molar-refractivity contribution in [2.75, 3.05) is 0 Å². The summed E-state index contributed by atoms with van der Waals surface area (Å²) in [5, 5.41) is 19.7. The number of carbonyl (C=O) groups excluding carboxylic acids is 2. The minimum Gasteiger partial charge on any atom is -0.550 e. The Kier molecular flexibility index (Phi) is 22.4. The molecular weight excluding hydrogens is 310 g/mol. The number of halogens is 2. The maximum atomic E-state index is 12.4. The van der Waals surface area contributed by atoms with E-state index in [1.165, 1.54) is 0 Å². The summed E-state index contributed by atoms with van der Waals surface area (Å²) >= 11 is 0. The van der Waals surface area contributed by atoms with E-state index in [4.69, 9.17) is 0 Å². The van der Waals surface area contributed by atoms with Crippen LogP contribution in [0.2, 0.25) is 0 Å². The molecule has 0 aromatic carbocycles. The van der Waals surface area contributed by atoms with Gasteiger partial charge in [-0.15, -0.1) is 0 Å². The van der Waals surface area contributed by atoms with E-state index in [-0.39, 0.29) is 50.6 Å². The molecule has 0 aromatic heterocycles. The Morgan fingerprint density at radius 1 is 0.857 bits per heavy atom. The second-order valence-electron chi connectivity index (χ2n) is 4.54. The van der Waals surface area contributed by atoms with Gasteiger partial charge in [-0.05, 0) is 51.4 Å². The number of alkyl halides is 2. The number of rotatable bonds is 10. The van der Waals surface area contributed by atoms with E-state index in [2.05, 4.69) is 0 Å². The van der Waals surface area contributed by atoms with Crippen LogP contribution in [0.4, 0.5) is 8.78 Å². The molecule has 0 aromatic rings. The summed E-state index contributed by atoms with van der Waals surface area (Å²) in [6.45, 7) is 3.48. The van der Waals surface area contributed by atoms with Crippen molar-refractivity contribution in [2.45, 2.75) is 77.6 Å². The van der Waals surface area contributed by atoms with Crippen LogP contribution in [0.5, 0.6) is 0 Å². The van der Waals surface area contributed by atoms with Crippen LogP contribution in [-0.4, -0.2) is 62.0 Å². The molecule has 0 amide bonds. The Balaban J connectivity index is -0.000000295. The van der Waals surface area contributed by atoms with Gasteiger partial charge in [-0.25, -0.2) is 8.78 Å². The van der Waals surface area contributed by atoms with E-state index in [1.54, 1.807) is 13.8 Å². The molecule has 0 saturated heterocycles. The molecule has 2 atom stereocenters. The molecule has 0 bridgehead atoms. The van der Waals surface area contributed by atoms with E-state index < -0.39 is 24.3 Å². The van der Waals surface area contributed by atoms with Crippen molar-refractivity contribution < 1.29 is 28.6 Å². The molecule has 0 aliphatic rings. The summed E-state index contributed by atoms with van der Waals surface area (Å²) in [6, 6.07) is 0. The van der Waals surface area contributed by atoms with Gasteiger partial charge in [-0.1, -0.05) is 13.8 Å². The quantitative estimate of drug-likeness (QED) is 0.557. The van der Waals surface area contributed by atoms with Gasteiger partial charge in [0.15, 0.2) is 0 Å². The fourth-order valence-electron chi connectivity index (χ4n) is 1.34. The summed E-state index contributed by atoms with van der Waals surface area (Å²) < 4.78 is 24.7. The molecule has 4 nitrogen and oxygen atoms in total. The average molecular weight is 334 g/mol. The molecule has 0 fully saturated rings. The first-order chi connectivity index (χ1) is 9.33. The van der Waals surface area contributed by atoms with Gasteiger partial charge in [-0.3, -0.25) is 0 Å². The molecule has 0 radical (unpaired) electrons.